The lowest BCUT2D eigenvalue weighted by atomic mass is 10.2. The number of phenolic OH excluding ortho intramolecular Hbond substituents is 1. The van der Waals surface area contributed by atoms with Gasteiger partial charge in [0.15, 0.2) is 0 Å². The fourth-order valence-corrected chi connectivity index (χ4v) is 1.12. The fraction of sp³-hybridized carbons (Fsp3) is 0.250. The van der Waals surface area contributed by atoms with Crippen LogP contribution in [0.2, 0.25) is 0 Å². The van der Waals surface area contributed by atoms with Crippen LogP contribution in [0.15, 0.2) is 29.4 Å². The minimum Gasteiger partial charge on any atom is -0.508 e. The molecule has 1 aromatic carbocycles. The molecule has 1 rings (SSSR count). The van der Waals surface area contributed by atoms with Crippen LogP contribution < -0.4 is 10.7 Å². The molecule has 0 radical (unpaired) electrons. The molecule has 0 heterocycles. The Labute approximate surface area is 110 Å². The molecule has 0 bridgehead atoms. The Morgan fingerprint density at radius 3 is 2.63 bits per heavy atom. The Balaban J connectivity index is 2.36. The van der Waals surface area contributed by atoms with Crippen LogP contribution in [0.25, 0.3) is 0 Å². The monoisotopic (exact) mass is 265 g/mol. The standard InChI is InChI=1S/C12H15N3O4/c1-19-7-6-13-11(17)12(18)15-14-8-9-2-4-10(16)5-3-9/h2-5,8,16H,6-7H2,1H3,(H,13,17)(H,15,18)/b14-8-. The number of benzene rings is 1. The van der Waals surface area contributed by atoms with E-state index < -0.39 is 11.8 Å². The van der Waals surface area contributed by atoms with Crippen LogP contribution in [0, 0.1) is 0 Å². The summed E-state index contributed by atoms with van der Waals surface area (Å²) in [4.78, 5) is 22.5. The van der Waals surface area contributed by atoms with E-state index in [-0.39, 0.29) is 12.3 Å². The van der Waals surface area contributed by atoms with E-state index in [1.165, 1.54) is 25.5 Å². The molecular formula is C12H15N3O4. The number of ether oxygens (including phenoxy) is 1. The first-order valence-electron chi connectivity index (χ1n) is 5.52. The molecule has 7 heteroatoms. The number of rotatable bonds is 5. The van der Waals surface area contributed by atoms with Crippen LogP contribution in [0.4, 0.5) is 0 Å². The molecule has 0 aliphatic heterocycles. The van der Waals surface area contributed by atoms with Gasteiger partial charge in [0, 0.05) is 13.7 Å². The maximum Gasteiger partial charge on any atom is 0.329 e. The van der Waals surface area contributed by atoms with Crippen molar-refractivity contribution in [1.82, 2.24) is 10.7 Å². The summed E-state index contributed by atoms with van der Waals surface area (Å²) < 4.78 is 4.72. The first-order chi connectivity index (χ1) is 9.13. The number of carbonyl (C=O) groups is 2. The van der Waals surface area contributed by atoms with E-state index in [2.05, 4.69) is 15.8 Å². The van der Waals surface area contributed by atoms with Crippen molar-refractivity contribution in [3.8, 4) is 5.75 Å². The molecule has 1 aromatic rings. The van der Waals surface area contributed by atoms with Crippen LogP contribution in [-0.2, 0) is 14.3 Å². The molecule has 2 amide bonds. The third-order valence-corrected chi connectivity index (χ3v) is 2.07. The van der Waals surface area contributed by atoms with E-state index in [0.717, 1.165) is 0 Å². The molecule has 0 aliphatic carbocycles. The lowest BCUT2D eigenvalue weighted by molar-refractivity contribution is -0.139. The molecule has 0 spiro atoms. The zero-order chi connectivity index (χ0) is 14.1. The molecular weight excluding hydrogens is 250 g/mol. The third kappa shape index (κ3) is 5.64. The Morgan fingerprint density at radius 2 is 2.00 bits per heavy atom. The van der Waals surface area contributed by atoms with Crippen LogP contribution >= 0.6 is 0 Å². The van der Waals surface area contributed by atoms with Gasteiger partial charge in [0.25, 0.3) is 0 Å². The number of methoxy groups -OCH3 is 1. The van der Waals surface area contributed by atoms with Crippen molar-refractivity contribution in [2.45, 2.75) is 0 Å². The summed E-state index contributed by atoms with van der Waals surface area (Å²) in [7, 11) is 1.49. The summed E-state index contributed by atoms with van der Waals surface area (Å²) >= 11 is 0. The van der Waals surface area contributed by atoms with E-state index in [4.69, 9.17) is 9.84 Å². The van der Waals surface area contributed by atoms with Crippen LogP contribution in [-0.4, -0.2) is 43.4 Å². The van der Waals surface area contributed by atoms with Gasteiger partial charge in [-0.15, -0.1) is 0 Å². The minimum absolute atomic E-state index is 0.138. The van der Waals surface area contributed by atoms with E-state index in [0.29, 0.717) is 12.2 Å². The van der Waals surface area contributed by atoms with Crippen LogP contribution in [0.3, 0.4) is 0 Å². The molecule has 7 nitrogen and oxygen atoms in total. The van der Waals surface area contributed by atoms with Gasteiger partial charge in [0.2, 0.25) is 0 Å². The van der Waals surface area contributed by atoms with Gasteiger partial charge in [-0.25, -0.2) is 5.43 Å². The highest BCUT2D eigenvalue weighted by atomic mass is 16.5. The number of nitrogens with zero attached hydrogens (tertiary/aromatic N) is 1. The second-order valence-electron chi connectivity index (χ2n) is 3.54. The number of carbonyl (C=O) groups excluding carboxylic acids is 2. The number of hydrogen-bond acceptors (Lipinski definition) is 5. The highest BCUT2D eigenvalue weighted by Gasteiger charge is 2.10. The number of nitrogens with one attached hydrogen (secondary N) is 2. The molecule has 0 saturated carbocycles. The lowest BCUT2D eigenvalue weighted by Gasteiger charge is -2.02. The molecule has 0 aromatic heterocycles. The zero-order valence-electron chi connectivity index (χ0n) is 10.4. The van der Waals surface area contributed by atoms with Crippen LogP contribution in [0.5, 0.6) is 5.75 Å². The lowest BCUT2D eigenvalue weighted by Crippen LogP contribution is -2.39. The van der Waals surface area contributed by atoms with Crippen molar-refractivity contribution < 1.29 is 19.4 Å². The molecule has 3 N–H and O–H groups in total. The Bertz CT molecular complexity index is 457. The maximum atomic E-state index is 11.3. The molecule has 0 saturated heterocycles. The third-order valence-electron chi connectivity index (χ3n) is 2.07. The number of phenols is 1. The minimum atomic E-state index is -0.855. The Morgan fingerprint density at radius 1 is 1.32 bits per heavy atom. The summed E-state index contributed by atoms with van der Waals surface area (Å²) in [5, 5.41) is 15.0. The van der Waals surface area contributed by atoms with E-state index in [1.54, 1.807) is 12.1 Å². The quantitative estimate of drug-likeness (QED) is 0.292. The SMILES string of the molecule is COCCNC(=O)C(=O)N/N=C\c1ccc(O)cc1. The Kier molecular flexibility index (Phi) is 6.04. The summed E-state index contributed by atoms with van der Waals surface area (Å²) in [6.07, 6.45) is 1.36. The predicted molar refractivity (Wildman–Crippen MR) is 68.7 cm³/mol. The summed E-state index contributed by atoms with van der Waals surface area (Å²) in [6.45, 7) is 0.584. The molecule has 0 fully saturated rings. The number of amides is 2. The number of aromatic hydroxyl groups is 1. The van der Waals surface area contributed by atoms with Gasteiger partial charge < -0.3 is 15.2 Å². The van der Waals surface area contributed by atoms with Crippen molar-refractivity contribution in [3.05, 3.63) is 29.8 Å². The van der Waals surface area contributed by atoms with Crippen molar-refractivity contribution in [3.63, 3.8) is 0 Å². The summed E-state index contributed by atoms with van der Waals surface area (Å²) in [5.74, 6) is -1.50. The average molecular weight is 265 g/mol. The smallest absolute Gasteiger partial charge is 0.329 e. The first kappa shape index (κ1) is 14.7. The van der Waals surface area contributed by atoms with Gasteiger partial charge in [-0.3, -0.25) is 9.59 Å². The van der Waals surface area contributed by atoms with Crippen molar-refractivity contribution >= 4 is 18.0 Å². The van der Waals surface area contributed by atoms with Gasteiger partial charge in [0.1, 0.15) is 5.75 Å². The summed E-state index contributed by atoms with van der Waals surface area (Å²) in [5.41, 5.74) is 2.77. The largest absolute Gasteiger partial charge is 0.508 e. The molecule has 0 unspecified atom stereocenters. The number of hydrazone groups is 1. The Hall–Kier alpha value is -2.41. The number of hydrogen-bond donors (Lipinski definition) is 3. The summed E-state index contributed by atoms with van der Waals surface area (Å²) in [6, 6.07) is 6.20. The maximum absolute atomic E-state index is 11.3. The van der Waals surface area contributed by atoms with Gasteiger partial charge in [0.05, 0.1) is 12.8 Å². The normalized spacial score (nSPS) is 10.4. The fourth-order valence-electron chi connectivity index (χ4n) is 1.12. The topological polar surface area (TPSA) is 100 Å². The van der Waals surface area contributed by atoms with Crippen molar-refractivity contribution in [2.24, 2.45) is 5.10 Å². The second-order valence-corrected chi connectivity index (χ2v) is 3.54. The molecule has 102 valence electrons. The van der Waals surface area contributed by atoms with Crippen molar-refractivity contribution in [2.75, 3.05) is 20.3 Å². The highest BCUT2D eigenvalue weighted by molar-refractivity contribution is 6.35. The van der Waals surface area contributed by atoms with Crippen LogP contribution in [0.1, 0.15) is 5.56 Å². The zero-order valence-corrected chi connectivity index (χ0v) is 10.4. The molecule has 0 aliphatic rings. The highest BCUT2D eigenvalue weighted by Crippen LogP contribution is 2.07. The molecule has 19 heavy (non-hydrogen) atoms. The second kappa shape index (κ2) is 7.83. The van der Waals surface area contributed by atoms with E-state index >= 15 is 0 Å². The van der Waals surface area contributed by atoms with E-state index in [9.17, 15) is 9.59 Å². The van der Waals surface area contributed by atoms with E-state index in [1.807, 2.05) is 0 Å². The van der Waals surface area contributed by atoms with Crippen molar-refractivity contribution in [1.29, 1.82) is 0 Å². The van der Waals surface area contributed by atoms with Gasteiger partial charge >= 0.3 is 11.8 Å². The average Bonchev–Trinajstić information content (AvgIpc) is 2.41. The molecule has 0 atom stereocenters. The van der Waals surface area contributed by atoms with Gasteiger partial charge in [-0.1, -0.05) is 0 Å². The first-order valence-corrected chi connectivity index (χ1v) is 5.52. The predicted octanol–water partition coefficient (Wildman–Crippen LogP) is -0.395. The van der Waals surface area contributed by atoms with Gasteiger partial charge in [-0.05, 0) is 29.8 Å². The van der Waals surface area contributed by atoms with Gasteiger partial charge in [-0.2, -0.15) is 5.10 Å².